The number of aromatic nitrogens is 4. The maximum absolute atomic E-state index is 12.6. The molecule has 3 amide bonds. The lowest BCUT2D eigenvalue weighted by molar-refractivity contribution is -0.119. The van der Waals surface area contributed by atoms with E-state index in [4.69, 9.17) is 0 Å². The minimum atomic E-state index is -0.539. The fourth-order valence-electron chi connectivity index (χ4n) is 3.68. The molecule has 0 radical (unpaired) electrons. The number of rotatable bonds is 6. The molecule has 8 nitrogen and oxygen atoms in total. The molecule has 1 aliphatic carbocycles. The van der Waals surface area contributed by atoms with Crippen molar-refractivity contribution in [3.63, 3.8) is 0 Å². The van der Waals surface area contributed by atoms with Gasteiger partial charge >= 0.3 is 6.03 Å². The van der Waals surface area contributed by atoms with E-state index in [0.717, 1.165) is 42.5 Å². The molecule has 0 saturated heterocycles. The Kier molecular flexibility index (Phi) is 6.84. The molecule has 1 fully saturated rings. The summed E-state index contributed by atoms with van der Waals surface area (Å²) in [7, 11) is 0. The lowest BCUT2D eigenvalue weighted by atomic mass is 10.2. The molecular formula is C23H26N6O2S. The Hall–Kier alpha value is -3.20. The highest BCUT2D eigenvalue weighted by Crippen LogP contribution is 2.30. The van der Waals surface area contributed by atoms with E-state index < -0.39 is 11.3 Å². The van der Waals surface area contributed by atoms with E-state index in [1.54, 1.807) is 19.3 Å². The molecule has 32 heavy (non-hydrogen) atoms. The zero-order valence-corrected chi connectivity index (χ0v) is 18.9. The van der Waals surface area contributed by atoms with Crippen molar-refractivity contribution in [3.05, 3.63) is 54.4 Å². The van der Waals surface area contributed by atoms with Gasteiger partial charge in [-0.05, 0) is 51.0 Å². The number of hydrogen-bond acceptors (Lipinski definition) is 6. The van der Waals surface area contributed by atoms with Gasteiger partial charge in [0.1, 0.15) is 0 Å². The third kappa shape index (κ3) is 5.16. The summed E-state index contributed by atoms with van der Waals surface area (Å²) in [5.41, 5.74) is 2.90. The monoisotopic (exact) mass is 450 g/mol. The van der Waals surface area contributed by atoms with E-state index in [-0.39, 0.29) is 11.9 Å². The van der Waals surface area contributed by atoms with E-state index in [1.165, 1.54) is 11.8 Å². The van der Waals surface area contributed by atoms with E-state index >= 15 is 0 Å². The van der Waals surface area contributed by atoms with Crippen LogP contribution in [0.4, 0.5) is 4.79 Å². The van der Waals surface area contributed by atoms with Crippen LogP contribution in [0.25, 0.3) is 17.1 Å². The van der Waals surface area contributed by atoms with Crippen LogP contribution < -0.4 is 10.6 Å². The molecule has 2 heterocycles. The highest BCUT2D eigenvalue weighted by atomic mass is 32.2. The highest BCUT2D eigenvalue weighted by molar-refractivity contribution is 8.00. The topological polar surface area (TPSA) is 102 Å². The first-order valence-corrected chi connectivity index (χ1v) is 11.6. The van der Waals surface area contributed by atoms with Crippen molar-refractivity contribution in [2.75, 3.05) is 0 Å². The maximum atomic E-state index is 12.6. The summed E-state index contributed by atoms with van der Waals surface area (Å²) >= 11 is 1.26. The Balaban J connectivity index is 1.53. The van der Waals surface area contributed by atoms with Gasteiger partial charge in [-0.25, -0.2) is 4.79 Å². The summed E-state index contributed by atoms with van der Waals surface area (Å²) < 4.78 is 1.92. The predicted molar refractivity (Wildman–Crippen MR) is 124 cm³/mol. The normalized spacial score (nSPS) is 14.8. The Labute approximate surface area is 191 Å². The second kappa shape index (κ2) is 9.95. The van der Waals surface area contributed by atoms with Crippen LogP contribution >= 0.6 is 11.8 Å². The van der Waals surface area contributed by atoms with Gasteiger partial charge in [0.2, 0.25) is 5.91 Å². The molecule has 1 atom stereocenters. The molecule has 1 saturated carbocycles. The molecule has 0 spiro atoms. The number of aryl methyl sites for hydroxylation is 1. The Morgan fingerprint density at radius 2 is 1.75 bits per heavy atom. The summed E-state index contributed by atoms with van der Waals surface area (Å²) in [5, 5.41) is 14.1. The SMILES string of the molecule is Cc1ccc(-n2c(SC(C)C(=O)NC(=O)NC3CCCC3)nnc2-c2ccncc2)cc1. The number of amides is 3. The van der Waals surface area contributed by atoms with E-state index in [1.807, 2.05) is 47.9 Å². The molecule has 1 unspecified atom stereocenters. The van der Waals surface area contributed by atoms with E-state index in [2.05, 4.69) is 25.8 Å². The number of benzene rings is 1. The van der Waals surface area contributed by atoms with Gasteiger partial charge in [-0.1, -0.05) is 42.3 Å². The van der Waals surface area contributed by atoms with Crippen LogP contribution in [0.1, 0.15) is 38.2 Å². The molecular weight excluding hydrogens is 424 g/mol. The van der Waals surface area contributed by atoms with Gasteiger partial charge in [-0.2, -0.15) is 0 Å². The van der Waals surface area contributed by atoms with E-state index in [0.29, 0.717) is 11.0 Å². The molecule has 2 aromatic heterocycles. The first kappa shape index (κ1) is 22.0. The van der Waals surface area contributed by atoms with Gasteiger partial charge in [-0.15, -0.1) is 10.2 Å². The number of urea groups is 1. The van der Waals surface area contributed by atoms with Crippen molar-refractivity contribution in [1.29, 1.82) is 0 Å². The van der Waals surface area contributed by atoms with Crippen molar-refractivity contribution in [3.8, 4) is 17.1 Å². The first-order valence-electron chi connectivity index (χ1n) is 10.7. The van der Waals surface area contributed by atoms with Crippen LogP contribution in [0.5, 0.6) is 0 Å². The quantitative estimate of drug-likeness (QED) is 0.553. The second-order valence-electron chi connectivity index (χ2n) is 7.92. The highest BCUT2D eigenvalue weighted by Gasteiger charge is 2.24. The van der Waals surface area contributed by atoms with Gasteiger partial charge in [-0.3, -0.25) is 19.7 Å². The van der Waals surface area contributed by atoms with Crippen molar-refractivity contribution >= 4 is 23.7 Å². The number of hydrogen-bond donors (Lipinski definition) is 2. The van der Waals surface area contributed by atoms with Crippen LogP contribution in [0.3, 0.4) is 0 Å². The fourth-order valence-corrected chi connectivity index (χ4v) is 4.55. The number of nitrogens with one attached hydrogen (secondary N) is 2. The number of carbonyl (C=O) groups is 2. The van der Waals surface area contributed by atoms with E-state index in [9.17, 15) is 9.59 Å². The Morgan fingerprint density at radius 1 is 1.06 bits per heavy atom. The van der Waals surface area contributed by atoms with Gasteiger partial charge in [0.25, 0.3) is 0 Å². The zero-order chi connectivity index (χ0) is 22.5. The van der Waals surface area contributed by atoms with Crippen LogP contribution in [-0.4, -0.2) is 43.0 Å². The summed E-state index contributed by atoms with van der Waals surface area (Å²) in [4.78, 5) is 28.9. The first-order chi connectivity index (χ1) is 15.5. The number of thioether (sulfide) groups is 1. The van der Waals surface area contributed by atoms with Crippen molar-refractivity contribution in [1.82, 2.24) is 30.4 Å². The molecule has 1 aliphatic rings. The lowest BCUT2D eigenvalue weighted by Crippen LogP contribution is -2.45. The third-order valence-corrected chi connectivity index (χ3v) is 6.49. The lowest BCUT2D eigenvalue weighted by Gasteiger charge is -2.15. The smallest absolute Gasteiger partial charge is 0.321 e. The minimum absolute atomic E-state index is 0.151. The van der Waals surface area contributed by atoms with Crippen LogP contribution in [0.15, 0.2) is 53.9 Å². The Bertz CT molecular complexity index is 1080. The second-order valence-corrected chi connectivity index (χ2v) is 9.23. The average Bonchev–Trinajstić information content (AvgIpc) is 3.45. The van der Waals surface area contributed by atoms with Crippen LogP contribution in [0, 0.1) is 6.92 Å². The van der Waals surface area contributed by atoms with Crippen molar-refractivity contribution in [2.45, 2.75) is 56.0 Å². The molecule has 1 aromatic carbocycles. The molecule has 3 aromatic rings. The number of carbonyl (C=O) groups excluding carboxylic acids is 2. The minimum Gasteiger partial charge on any atom is -0.335 e. The fraction of sp³-hybridized carbons (Fsp3) is 0.348. The molecule has 9 heteroatoms. The van der Waals surface area contributed by atoms with Gasteiger partial charge in [0.15, 0.2) is 11.0 Å². The van der Waals surface area contributed by atoms with Crippen molar-refractivity contribution < 1.29 is 9.59 Å². The van der Waals surface area contributed by atoms with Crippen LogP contribution in [0.2, 0.25) is 0 Å². The molecule has 0 bridgehead atoms. The molecule has 2 N–H and O–H groups in total. The predicted octanol–water partition coefficient (Wildman–Crippen LogP) is 3.89. The number of imide groups is 1. The van der Waals surface area contributed by atoms with Gasteiger partial charge < -0.3 is 5.32 Å². The number of pyridine rings is 1. The summed E-state index contributed by atoms with van der Waals surface area (Å²) in [6.45, 7) is 3.78. The molecule has 0 aliphatic heterocycles. The standard InChI is InChI=1S/C23H26N6O2S/c1-15-7-9-19(10-8-15)29-20(17-11-13-24-14-12-17)27-28-23(29)32-16(2)21(30)26-22(31)25-18-5-3-4-6-18/h7-14,16,18H,3-6H2,1-2H3,(H2,25,26,30,31). The summed E-state index contributed by atoms with van der Waals surface area (Å²) in [6.07, 6.45) is 7.55. The van der Waals surface area contributed by atoms with Crippen LogP contribution in [-0.2, 0) is 4.79 Å². The zero-order valence-electron chi connectivity index (χ0n) is 18.1. The molecule has 4 rings (SSSR count). The van der Waals surface area contributed by atoms with Crippen molar-refractivity contribution in [2.24, 2.45) is 0 Å². The van der Waals surface area contributed by atoms with Gasteiger partial charge in [0, 0.05) is 29.7 Å². The largest absolute Gasteiger partial charge is 0.335 e. The molecule has 166 valence electrons. The maximum Gasteiger partial charge on any atom is 0.321 e. The Morgan fingerprint density at radius 3 is 2.44 bits per heavy atom. The third-order valence-electron chi connectivity index (χ3n) is 5.44. The summed E-state index contributed by atoms with van der Waals surface area (Å²) in [6, 6.07) is 11.5. The number of nitrogens with zero attached hydrogens (tertiary/aromatic N) is 4. The summed E-state index contributed by atoms with van der Waals surface area (Å²) in [5.74, 6) is 0.291. The average molecular weight is 451 g/mol. The van der Waals surface area contributed by atoms with Gasteiger partial charge in [0.05, 0.1) is 5.25 Å².